The summed E-state index contributed by atoms with van der Waals surface area (Å²) in [6, 6.07) is 0. The molecule has 0 radical (unpaired) electrons. The van der Waals surface area contributed by atoms with Gasteiger partial charge in [-0.05, 0) is 6.37 Å². The summed E-state index contributed by atoms with van der Waals surface area (Å²) in [4.78, 5) is 10.2. The Morgan fingerprint density at radius 1 is 2.29 bits per heavy atom. The van der Waals surface area contributed by atoms with E-state index in [2.05, 4.69) is 0 Å². The van der Waals surface area contributed by atoms with Gasteiger partial charge in [-0.2, -0.15) is 0 Å². The quantitative estimate of drug-likeness (QED) is 0.571. The van der Waals surface area contributed by atoms with Gasteiger partial charge in [-0.25, -0.2) is 0 Å². The zero-order valence-corrected chi connectivity index (χ0v) is 4.36. The minimum absolute atomic E-state index is 1.04. The fraction of sp³-hybridized carbons (Fsp3) is 0.800. The fourth-order valence-corrected chi connectivity index (χ4v) is 0.107. The summed E-state index contributed by atoms with van der Waals surface area (Å²) in [5.41, 5.74) is 0. The molecule has 0 aliphatic heterocycles. The molecule has 0 heterocycles. The van der Waals surface area contributed by atoms with Gasteiger partial charge >= 0.3 is 5.97 Å². The van der Waals surface area contributed by atoms with Gasteiger partial charge in [0.2, 0.25) is 0 Å². The molecule has 0 amide bonds. The lowest BCUT2D eigenvalue weighted by Crippen LogP contribution is -2.06. The van der Waals surface area contributed by atoms with Gasteiger partial charge in [-0.15, -0.1) is 0 Å². The van der Waals surface area contributed by atoms with Crippen molar-refractivity contribution in [3.63, 3.8) is 0 Å². The molecule has 0 rings (SSSR count). The number of aliphatic carboxylic acids is 1. The van der Waals surface area contributed by atoms with Crippen LogP contribution in [0.2, 0.25) is 0 Å². The molecule has 2 heteroatoms. The number of carboxylic acids is 1. The van der Waals surface area contributed by atoms with E-state index < -0.39 is 18.2 Å². The van der Waals surface area contributed by atoms with Crippen molar-refractivity contribution in [1.82, 2.24) is 0 Å². The van der Waals surface area contributed by atoms with Crippen molar-refractivity contribution >= 4 is 5.97 Å². The van der Waals surface area contributed by atoms with Gasteiger partial charge in [0, 0.05) is 4.11 Å². The predicted octanol–water partition coefficient (Wildman–Crippen LogP) is 1.12. The predicted molar refractivity (Wildman–Crippen MR) is 27.1 cm³/mol. The van der Waals surface area contributed by atoms with E-state index in [4.69, 9.17) is 9.22 Å². The largest absolute Gasteiger partial charge is 0.481 e. The third-order valence-corrected chi connectivity index (χ3v) is 0.696. The standard InChI is InChI=1S/C5H10O2/c1-3-4(2)5(6)7/h4H,3H2,1-2H3,(H,6,7)/t4-/m1/s1/i3D2,4D. The van der Waals surface area contributed by atoms with E-state index in [1.54, 1.807) is 0 Å². The van der Waals surface area contributed by atoms with Crippen LogP contribution in [0.1, 0.15) is 24.3 Å². The Kier molecular flexibility index (Phi) is 1.01. The zero-order chi connectivity index (χ0) is 8.58. The summed E-state index contributed by atoms with van der Waals surface area (Å²) in [6.45, 7) is 2.11. The molecule has 7 heavy (non-hydrogen) atoms. The van der Waals surface area contributed by atoms with Crippen LogP contribution in [0, 0.1) is 5.89 Å². The normalized spacial score (nSPS) is 26.3. The van der Waals surface area contributed by atoms with Gasteiger partial charge in [0.15, 0.2) is 0 Å². The van der Waals surface area contributed by atoms with Crippen LogP contribution < -0.4 is 0 Å². The minimum atomic E-state index is -2.06. The van der Waals surface area contributed by atoms with Crippen molar-refractivity contribution < 1.29 is 14.0 Å². The first-order valence-corrected chi connectivity index (χ1v) is 1.93. The summed E-state index contributed by atoms with van der Waals surface area (Å²) < 4.78 is 21.0. The fourth-order valence-electron chi connectivity index (χ4n) is 0.107. The lowest BCUT2D eigenvalue weighted by atomic mass is 10.1. The molecule has 0 aromatic heterocycles. The highest BCUT2D eigenvalue weighted by molar-refractivity contribution is 5.69. The molecule has 0 aliphatic rings. The van der Waals surface area contributed by atoms with Gasteiger partial charge in [-0.1, -0.05) is 13.8 Å². The maximum atomic E-state index is 10.2. The highest BCUT2D eigenvalue weighted by Crippen LogP contribution is 1.97. The Morgan fingerprint density at radius 2 is 2.71 bits per heavy atom. The summed E-state index contributed by atoms with van der Waals surface area (Å²) in [7, 11) is 0. The van der Waals surface area contributed by atoms with Crippen LogP contribution in [-0.4, -0.2) is 11.1 Å². The smallest absolute Gasteiger partial charge is 0.306 e. The third-order valence-electron chi connectivity index (χ3n) is 0.696. The summed E-state index contributed by atoms with van der Waals surface area (Å²) in [5.74, 6) is -3.51. The molecule has 0 aromatic rings. The molecular formula is C5H10O2. The second-order valence-electron chi connectivity index (χ2n) is 1.18. The van der Waals surface area contributed by atoms with Crippen LogP contribution in [0.15, 0.2) is 0 Å². The van der Waals surface area contributed by atoms with E-state index in [1.807, 2.05) is 0 Å². The topological polar surface area (TPSA) is 37.3 Å². The third kappa shape index (κ3) is 2.20. The first-order valence-electron chi connectivity index (χ1n) is 3.43. The molecule has 0 aromatic carbocycles. The highest BCUT2D eigenvalue weighted by Gasteiger charge is 2.05. The molecule has 0 fully saturated rings. The molecule has 0 bridgehead atoms. The van der Waals surface area contributed by atoms with Crippen molar-refractivity contribution in [3.05, 3.63) is 0 Å². The monoisotopic (exact) mass is 105 g/mol. The van der Waals surface area contributed by atoms with Crippen molar-refractivity contribution in [2.45, 2.75) is 20.2 Å². The first kappa shape index (κ1) is 2.70. The van der Waals surface area contributed by atoms with Crippen LogP contribution in [-0.2, 0) is 4.79 Å². The molecule has 2 nitrogen and oxygen atoms in total. The Morgan fingerprint density at radius 3 is 2.71 bits per heavy atom. The number of hydrogen-bond donors (Lipinski definition) is 1. The molecule has 0 unspecified atom stereocenters. The lowest BCUT2D eigenvalue weighted by molar-refractivity contribution is -0.141. The molecular weight excluding hydrogens is 92.1 g/mol. The molecule has 42 valence electrons. The molecule has 0 saturated carbocycles. The zero-order valence-electron chi connectivity index (χ0n) is 7.36. The second-order valence-corrected chi connectivity index (χ2v) is 1.18. The molecule has 1 N–H and O–H groups in total. The summed E-state index contributed by atoms with van der Waals surface area (Å²) in [5, 5.41) is 8.35. The Balaban J connectivity index is 4.57. The van der Waals surface area contributed by atoms with Gasteiger partial charge < -0.3 is 5.11 Å². The van der Waals surface area contributed by atoms with E-state index in [0.717, 1.165) is 13.8 Å². The number of hydrogen-bond acceptors (Lipinski definition) is 1. The van der Waals surface area contributed by atoms with Crippen LogP contribution in [0.5, 0.6) is 0 Å². The minimum Gasteiger partial charge on any atom is -0.481 e. The summed E-state index contributed by atoms with van der Waals surface area (Å²) in [6.07, 6.45) is -2.02. The van der Waals surface area contributed by atoms with Crippen LogP contribution in [0.3, 0.4) is 0 Å². The van der Waals surface area contributed by atoms with E-state index >= 15 is 0 Å². The van der Waals surface area contributed by atoms with Crippen molar-refractivity contribution in [3.8, 4) is 0 Å². The van der Waals surface area contributed by atoms with Crippen molar-refractivity contribution in [2.24, 2.45) is 5.89 Å². The van der Waals surface area contributed by atoms with Gasteiger partial charge in [0.1, 0.15) is 0 Å². The summed E-state index contributed by atoms with van der Waals surface area (Å²) >= 11 is 0. The molecule has 1 atom stereocenters. The maximum Gasteiger partial charge on any atom is 0.306 e. The van der Waals surface area contributed by atoms with Gasteiger partial charge in [0.05, 0.1) is 5.89 Å². The number of carbonyl (C=O) groups is 1. The van der Waals surface area contributed by atoms with E-state index in [-0.39, 0.29) is 0 Å². The second kappa shape index (κ2) is 2.61. The number of carboxylic acid groups (broad SMARTS) is 1. The number of rotatable bonds is 2. The van der Waals surface area contributed by atoms with E-state index in [1.165, 1.54) is 0 Å². The SMILES string of the molecule is [2H]C([2H])(C)[C@@]([2H])(C)C(=O)O. The average molecular weight is 105 g/mol. The van der Waals surface area contributed by atoms with Crippen LogP contribution in [0.4, 0.5) is 0 Å². The Hall–Kier alpha value is -0.530. The van der Waals surface area contributed by atoms with E-state index in [0.29, 0.717) is 0 Å². The Labute approximate surface area is 47.4 Å². The molecule has 0 aliphatic carbocycles. The molecule has 0 saturated heterocycles. The van der Waals surface area contributed by atoms with Crippen molar-refractivity contribution in [2.75, 3.05) is 0 Å². The van der Waals surface area contributed by atoms with E-state index in [9.17, 15) is 4.79 Å². The van der Waals surface area contributed by atoms with Crippen LogP contribution in [0.25, 0.3) is 0 Å². The first-order chi connectivity index (χ1) is 4.19. The van der Waals surface area contributed by atoms with Gasteiger partial charge in [-0.3, -0.25) is 4.79 Å². The average Bonchev–Trinajstić information content (AvgIpc) is 1.62. The van der Waals surface area contributed by atoms with Crippen LogP contribution >= 0.6 is 0 Å². The maximum absolute atomic E-state index is 10.2. The van der Waals surface area contributed by atoms with Gasteiger partial charge in [0.25, 0.3) is 0 Å². The van der Waals surface area contributed by atoms with Crippen molar-refractivity contribution in [1.29, 1.82) is 0 Å². The highest BCUT2D eigenvalue weighted by atomic mass is 16.4. The Bertz CT molecular complexity index is 147. The lowest BCUT2D eigenvalue weighted by Gasteiger charge is -1.96. The molecule has 0 spiro atoms.